The molecule has 0 spiro atoms. The molecule has 0 radical (unpaired) electrons. The van der Waals surface area contributed by atoms with Crippen molar-refractivity contribution in [3.63, 3.8) is 0 Å². The standard InChI is InChI=1S/C10H14O3Si/c1-3-6-13-10(11)14-7-4-9(12-2)5-8-14/h4-5,7-8H,3,6H2,1-2H3. The number of carbonyl (C=O) groups excluding carboxylic acids is 1. The minimum absolute atomic E-state index is 0.0977. The predicted molar refractivity (Wildman–Crippen MR) is 56.0 cm³/mol. The van der Waals surface area contributed by atoms with E-state index in [-0.39, 0.29) is 5.59 Å². The van der Waals surface area contributed by atoms with E-state index in [0.29, 0.717) is 6.61 Å². The average Bonchev–Trinajstić information content (AvgIpc) is 2.26. The van der Waals surface area contributed by atoms with Gasteiger partial charge in [-0.25, -0.2) is 0 Å². The maximum atomic E-state index is 11.4. The van der Waals surface area contributed by atoms with Gasteiger partial charge in [0.15, 0.2) is 8.40 Å². The molecule has 0 bridgehead atoms. The largest absolute Gasteiger partial charge is 0.497 e. The summed E-state index contributed by atoms with van der Waals surface area (Å²) in [5, 5.41) is 0. The van der Waals surface area contributed by atoms with Crippen molar-refractivity contribution in [1.82, 2.24) is 0 Å². The molecule has 0 saturated carbocycles. The monoisotopic (exact) mass is 210 g/mol. The maximum Gasteiger partial charge on any atom is 0.297 e. The Morgan fingerprint density at radius 3 is 2.57 bits per heavy atom. The smallest absolute Gasteiger partial charge is 0.297 e. The van der Waals surface area contributed by atoms with E-state index in [1.807, 2.05) is 30.4 Å². The van der Waals surface area contributed by atoms with Crippen molar-refractivity contribution in [2.75, 3.05) is 13.7 Å². The molecule has 0 fully saturated rings. The van der Waals surface area contributed by atoms with Crippen LogP contribution < -0.4 is 4.74 Å². The van der Waals surface area contributed by atoms with Gasteiger partial charge in [0, 0.05) is 0 Å². The molecule has 0 aliphatic heterocycles. The van der Waals surface area contributed by atoms with Gasteiger partial charge >= 0.3 is 0 Å². The van der Waals surface area contributed by atoms with Crippen LogP contribution in [0.4, 0.5) is 4.79 Å². The number of rotatable bonds is 4. The first-order valence-corrected chi connectivity index (χ1v) is 6.24. The molecule has 3 nitrogen and oxygen atoms in total. The van der Waals surface area contributed by atoms with E-state index in [0.717, 1.165) is 12.2 Å². The van der Waals surface area contributed by atoms with Crippen LogP contribution in [0.5, 0.6) is 5.75 Å². The van der Waals surface area contributed by atoms with Gasteiger partial charge in [-0.2, -0.15) is 0 Å². The van der Waals surface area contributed by atoms with Crippen LogP contribution in [0.25, 0.3) is 0 Å². The fraction of sp³-hybridized carbons (Fsp3) is 0.400. The zero-order chi connectivity index (χ0) is 10.4. The molecule has 0 saturated heterocycles. The van der Waals surface area contributed by atoms with Gasteiger partial charge in [-0.1, -0.05) is 18.3 Å². The first kappa shape index (κ1) is 10.9. The van der Waals surface area contributed by atoms with Gasteiger partial charge in [-0.15, -0.1) is 0 Å². The van der Waals surface area contributed by atoms with Crippen LogP contribution in [0.3, 0.4) is 0 Å². The van der Waals surface area contributed by atoms with Crippen molar-refractivity contribution in [1.29, 1.82) is 0 Å². The van der Waals surface area contributed by atoms with E-state index in [2.05, 4.69) is 0 Å². The summed E-state index contributed by atoms with van der Waals surface area (Å²) in [5.74, 6) is 0.780. The van der Waals surface area contributed by atoms with Crippen molar-refractivity contribution in [2.24, 2.45) is 0 Å². The Morgan fingerprint density at radius 1 is 1.43 bits per heavy atom. The van der Waals surface area contributed by atoms with Gasteiger partial charge in [-0.05, 0) is 18.6 Å². The summed E-state index contributed by atoms with van der Waals surface area (Å²) in [6, 6.07) is 3.64. The van der Waals surface area contributed by atoms with Crippen LogP contribution in [-0.4, -0.2) is 27.7 Å². The number of ether oxygens (including phenoxy) is 2. The molecule has 1 aromatic rings. The molecule has 0 atom stereocenters. The maximum absolute atomic E-state index is 11.4. The van der Waals surface area contributed by atoms with Crippen molar-refractivity contribution >= 4 is 14.0 Å². The Kier molecular flexibility index (Phi) is 4.32. The minimum Gasteiger partial charge on any atom is -0.497 e. The van der Waals surface area contributed by atoms with E-state index < -0.39 is 8.40 Å². The van der Waals surface area contributed by atoms with E-state index in [9.17, 15) is 4.79 Å². The van der Waals surface area contributed by atoms with Crippen LogP contribution in [0.15, 0.2) is 23.5 Å². The second kappa shape index (κ2) is 5.54. The molecular formula is C10H14O3Si. The van der Waals surface area contributed by atoms with Gasteiger partial charge < -0.3 is 9.47 Å². The Labute approximate surface area is 85.2 Å². The van der Waals surface area contributed by atoms with Crippen molar-refractivity contribution in [2.45, 2.75) is 13.3 Å². The predicted octanol–water partition coefficient (Wildman–Crippen LogP) is 2.12. The third-order valence-electron chi connectivity index (χ3n) is 1.76. The Morgan fingerprint density at radius 2 is 2.07 bits per heavy atom. The zero-order valence-electron chi connectivity index (χ0n) is 8.45. The number of carbonyl (C=O) groups is 1. The van der Waals surface area contributed by atoms with Crippen LogP contribution in [-0.2, 0) is 4.74 Å². The Balaban J connectivity index is 2.62. The van der Waals surface area contributed by atoms with Crippen LogP contribution in [0.2, 0.25) is 0 Å². The lowest BCUT2D eigenvalue weighted by Gasteiger charge is -2.03. The third kappa shape index (κ3) is 2.96. The first-order valence-electron chi connectivity index (χ1n) is 4.59. The highest BCUT2D eigenvalue weighted by atomic mass is 28.2. The van der Waals surface area contributed by atoms with Crippen LogP contribution in [0, 0.1) is 0 Å². The summed E-state index contributed by atoms with van der Waals surface area (Å²) < 4.78 is 10.1. The fourth-order valence-corrected chi connectivity index (χ4v) is 2.34. The number of hydrogen-bond donors (Lipinski definition) is 0. The summed E-state index contributed by atoms with van der Waals surface area (Å²) in [5.41, 5.74) is 3.66. The minimum atomic E-state index is -1.26. The van der Waals surface area contributed by atoms with E-state index in [1.165, 1.54) is 0 Å². The molecule has 0 amide bonds. The molecule has 0 aromatic carbocycles. The van der Waals surface area contributed by atoms with Gasteiger partial charge in [-0.3, -0.25) is 4.79 Å². The average molecular weight is 210 g/mol. The van der Waals surface area contributed by atoms with Gasteiger partial charge in [0.2, 0.25) is 0 Å². The molecule has 0 aliphatic rings. The van der Waals surface area contributed by atoms with E-state index in [4.69, 9.17) is 9.47 Å². The Bertz CT molecular complexity index is 295. The lowest BCUT2D eigenvalue weighted by atomic mass is 10.5. The SMILES string of the molecule is CCCOC(=O)[si]1ccc(OC)cc1. The molecular weight excluding hydrogens is 196 g/mol. The molecule has 0 aliphatic carbocycles. The highest BCUT2D eigenvalue weighted by molar-refractivity contribution is 6.81. The zero-order valence-corrected chi connectivity index (χ0v) is 9.45. The highest BCUT2D eigenvalue weighted by Gasteiger charge is 2.06. The van der Waals surface area contributed by atoms with Gasteiger partial charge in [0.05, 0.1) is 13.7 Å². The van der Waals surface area contributed by atoms with Crippen molar-refractivity contribution < 1.29 is 14.3 Å². The third-order valence-corrected chi connectivity index (χ3v) is 3.43. The summed E-state index contributed by atoms with van der Waals surface area (Å²) in [6.07, 6.45) is 0.865. The van der Waals surface area contributed by atoms with E-state index in [1.54, 1.807) is 7.11 Å². The fourth-order valence-electron chi connectivity index (χ4n) is 1.01. The molecule has 14 heavy (non-hydrogen) atoms. The highest BCUT2D eigenvalue weighted by Crippen LogP contribution is 2.07. The second-order valence-corrected chi connectivity index (χ2v) is 4.85. The lowest BCUT2D eigenvalue weighted by molar-refractivity contribution is 0.172. The summed E-state index contributed by atoms with van der Waals surface area (Å²) >= 11 is 0. The molecule has 4 heteroatoms. The number of hydrogen-bond acceptors (Lipinski definition) is 3. The molecule has 76 valence electrons. The Hall–Kier alpha value is -1.16. The van der Waals surface area contributed by atoms with Crippen LogP contribution >= 0.6 is 0 Å². The lowest BCUT2D eigenvalue weighted by Crippen LogP contribution is -2.15. The molecule has 1 heterocycles. The van der Waals surface area contributed by atoms with E-state index >= 15 is 0 Å². The summed E-state index contributed by atoms with van der Waals surface area (Å²) in [6.45, 7) is 2.49. The van der Waals surface area contributed by atoms with Crippen molar-refractivity contribution in [3.8, 4) is 5.75 Å². The molecule has 1 rings (SSSR count). The molecule has 1 aromatic heterocycles. The summed E-state index contributed by atoms with van der Waals surface area (Å²) in [7, 11) is 0.345. The second-order valence-electron chi connectivity index (χ2n) is 2.86. The normalized spacial score (nSPS) is 9.57. The molecule has 0 N–H and O–H groups in total. The first-order chi connectivity index (χ1) is 6.77. The summed E-state index contributed by atoms with van der Waals surface area (Å²) in [4.78, 5) is 11.4. The quantitative estimate of drug-likeness (QED) is 0.714. The topological polar surface area (TPSA) is 35.5 Å². The van der Waals surface area contributed by atoms with Crippen LogP contribution in [0.1, 0.15) is 13.3 Å². The van der Waals surface area contributed by atoms with Gasteiger partial charge in [0.25, 0.3) is 5.59 Å². The van der Waals surface area contributed by atoms with Crippen molar-refractivity contribution in [3.05, 3.63) is 23.5 Å². The number of methoxy groups -OCH3 is 1. The van der Waals surface area contributed by atoms with Gasteiger partial charge in [0.1, 0.15) is 5.75 Å². The molecule has 0 unspecified atom stereocenters.